The molecule has 98 valence electrons. The molecule has 17 heavy (non-hydrogen) atoms. The van der Waals surface area contributed by atoms with Crippen LogP contribution in [0, 0.1) is 23.2 Å². The van der Waals surface area contributed by atoms with Gasteiger partial charge in [0.15, 0.2) is 0 Å². The maximum absolute atomic E-state index is 6.61. The highest BCUT2D eigenvalue weighted by molar-refractivity contribution is 5.10. The van der Waals surface area contributed by atoms with Gasteiger partial charge in [0.1, 0.15) is 0 Å². The van der Waals surface area contributed by atoms with Gasteiger partial charge in [-0.15, -0.1) is 0 Å². The number of fused-ring (bicyclic) bond motifs is 3. The van der Waals surface area contributed by atoms with Crippen molar-refractivity contribution >= 4 is 0 Å². The lowest BCUT2D eigenvalue weighted by Crippen LogP contribution is -2.49. The van der Waals surface area contributed by atoms with Gasteiger partial charge in [-0.25, -0.2) is 0 Å². The average molecular weight is 236 g/mol. The third kappa shape index (κ3) is 1.84. The summed E-state index contributed by atoms with van der Waals surface area (Å²) in [5, 5.41) is 0. The minimum Gasteiger partial charge on any atom is -0.327 e. The van der Waals surface area contributed by atoms with Crippen LogP contribution in [0.5, 0.6) is 0 Å². The predicted octanol–water partition coefficient (Wildman–Crippen LogP) is 2.48. The van der Waals surface area contributed by atoms with E-state index in [4.69, 9.17) is 5.73 Å². The normalized spacial score (nSPS) is 49.4. The number of hydrogen-bond acceptors (Lipinski definition) is 2. The highest BCUT2D eigenvalue weighted by Crippen LogP contribution is 2.61. The molecule has 3 aliphatic rings. The van der Waals surface area contributed by atoms with Gasteiger partial charge in [0.2, 0.25) is 0 Å². The second-order valence-electron chi connectivity index (χ2n) is 7.25. The van der Waals surface area contributed by atoms with Crippen LogP contribution in [0.2, 0.25) is 0 Å². The van der Waals surface area contributed by atoms with E-state index >= 15 is 0 Å². The van der Waals surface area contributed by atoms with Gasteiger partial charge in [0, 0.05) is 12.6 Å². The van der Waals surface area contributed by atoms with Gasteiger partial charge in [0.05, 0.1) is 0 Å². The molecule has 0 aromatic carbocycles. The van der Waals surface area contributed by atoms with E-state index in [0.29, 0.717) is 11.5 Å². The van der Waals surface area contributed by atoms with Gasteiger partial charge in [-0.1, -0.05) is 6.42 Å². The van der Waals surface area contributed by atoms with Crippen molar-refractivity contribution in [2.45, 2.75) is 51.0 Å². The van der Waals surface area contributed by atoms with Gasteiger partial charge >= 0.3 is 0 Å². The van der Waals surface area contributed by atoms with Crippen molar-refractivity contribution in [1.29, 1.82) is 0 Å². The topological polar surface area (TPSA) is 29.3 Å². The summed E-state index contributed by atoms with van der Waals surface area (Å²) in [5.74, 6) is 2.76. The van der Waals surface area contributed by atoms with Crippen LogP contribution < -0.4 is 5.73 Å². The van der Waals surface area contributed by atoms with Crippen molar-refractivity contribution in [2.24, 2.45) is 28.9 Å². The fraction of sp³-hybridized carbons (Fsp3) is 1.00. The molecule has 3 aliphatic carbocycles. The standard InChI is InChI=1S/C15H28N2/c1-17(2)10-11-4-3-7-15(9-11)13-6-5-12(8-13)14(15)16/h11-14H,3-10,16H2,1-2H3/t11-,12+,13-,14-,15+/m0/s1. The first kappa shape index (κ1) is 12.0. The van der Waals surface area contributed by atoms with Gasteiger partial charge in [-0.05, 0) is 75.8 Å². The molecule has 2 nitrogen and oxygen atoms in total. The van der Waals surface area contributed by atoms with Crippen molar-refractivity contribution in [1.82, 2.24) is 4.90 Å². The number of hydrogen-bond donors (Lipinski definition) is 1. The molecule has 0 unspecified atom stereocenters. The van der Waals surface area contributed by atoms with Crippen LogP contribution in [0.15, 0.2) is 0 Å². The van der Waals surface area contributed by atoms with Crippen LogP contribution in [0.25, 0.3) is 0 Å². The first-order chi connectivity index (χ1) is 8.12. The fourth-order valence-electron chi connectivity index (χ4n) is 5.41. The van der Waals surface area contributed by atoms with Crippen LogP contribution in [-0.2, 0) is 0 Å². The Bertz CT molecular complexity index is 285. The van der Waals surface area contributed by atoms with Crippen molar-refractivity contribution in [2.75, 3.05) is 20.6 Å². The van der Waals surface area contributed by atoms with E-state index < -0.39 is 0 Å². The molecule has 0 radical (unpaired) electrons. The molecule has 2 N–H and O–H groups in total. The fourth-order valence-corrected chi connectivity index (χ4v) is 5.41. The summed E-state index contributed by atoms with van der Waals surface area (Å²) in [6, 6.07) is 0.534. The van der Waals surface area contributed by atoms with Gasteiger partial charge < -0.3 is 10.6 Å². The Morgan fingerprint density at radius 2 is 2.06 bits per heavy atom. The molecule has 2 bridgehead atoms. The van der Waals surface area contributed by atoms with E-state index in [1.807, 2.05) is 0 Å². The molecule has 0 heterocycles. The minimum atomic E-state index is 0.534. The molecule has 2 heteroatoms. The maximum Gasteiger partial charge on any atom is 0.0127 e. The highest BCUT2D eigenvalue weighted by atomic mass is 15.1. The lowest BCUT2D eigenvalue weighted by atomic mass is 9.59. The van der Waals surface area contributed by atoms with Gasteiger partial charge in [-0.3, -0.25) is 0 Å². The summed E-state index contributed by atoms with van der Waals surface area (Å²) < 4.78 is 0. The molecule has 3 saturated carbocycles. The van der Waals surface area contributed by atoms with Crippen LogP contribution in [-0.4, -0.2) is 31.6 Å². The van der Waals surface area contributed by atoms with Crippen LogP contribution in [0.1, 0.15) is 44.9 Å². The minimum absolute atomic E-state index is 0.534. The van der Waals surface area contributed by atoms with E-state index in [1.54, 1.807) is 0 Å². The summed E-state index contributed by atoms with van der Waals surface area (Å²) in [6.07, 6.45) is 10.1. The number of nitrogens with zero attached hydrogens (tertiary/aromatic N) is 1. The molecule has 5 atom stereocenters. The third-order valence-electron chi connectivity index (χ3n) is 6.00. The molecule has 3 rings (SSSR count). The molecule has 0 amide bonds. The Balaban J connectivity index is 1.74. The molecule has 0 aromatic rings. The third-order valence-corrected chi connectivity index (χ3v) is 6.00. The summed E-state index contributed by atoms with van der Waals surface area (Å²) in [6.45, 7) is 1.27. The second kappa shape index (κ2) is 4.24. The predicted molar refractivity (Wildman–Crippen MR) is 71.8 cm³/mol. The maximum atomic E-state index is 6.61. The Morgan fingerprint density at radius 1 is 1.24 bits per heavy atom. The van der Waals surface area contributed by atoms with Crippen LogP contribution in [0.4, 0.5) is 0 Å². The van der Waals surface area contributed by atoms with Crippen molar-refractivity contribution in [3.8, 4) is 0 Å². The Labute approximate surface area is 106 Å². The van der Waals surface area contributed by atoms with E-state index in [-0.39, 0.29) is 0 Å². The first-order valence-corrected chi connectivity index (χ1v) is 7.52. The molecular weight excluding hydrogens is 208 g/mol. The summed E-state index contributed by atoms with van der Waals surface area (Å²) in [4.78, 5) is 2.36. The summed E-state index contributed by atoms with van der Waals surface area (Å²) in [7, 11) is 4.42. The van der Waals surface area contributed by atoms with Gasteiger partial charge in [0.25, 0.3) is 0 Å². The zero-order valence-corrected chi connectivity index (χ0v) is 11.5. The second-order valence-corrected chi connectivity index (χ2v) is 7.25. The van der Waals surface area contributed by atoms with Gasteiger partial charge in [-0.2, -0.15) is 0 Å². The van der Waals surface area contributed by atoms with Crippen LogP contribution in [0.3, 0.4) is 0 Å². The molecular formula is C15H28N2. The lowest BCUT2D eigenvalue weighted by Gasteiger charge is -2.48. The Hall–Kier alpha value is -0.0800. The molecule has 0 aliphatic heterocycles. The number of nitrogens with two attached hydrogens (primary N) is 1. The first-order valence-electron chi connectivity index (χ1n) is 7.52. The monoisotopic (exact) mass is 236 g/mol. The SMILES string of the molecule is CN(C)C[C@H]1CCC[C@@]2(C1)[C@H]1CC[C@H](C1)[C@@H]2N. The molecule has 1 spiro atoms. The van der Waals surface area contributed by atoms with E-state index in [2.05, 4.69) is 19.0 Å². The van der Waals surface area contributed by atoms with Crippen LogP contribution >= 0.6 is 0 Å². The number of rotatable bonds is 2. The highest BCUT2D eigenvalue weighted by Gasteiger charge is 2.57. The average Bonchev–Trinajstić information content (AvgIpc) is 2.83. The zero-order chi connectivity index (χ0) is 12.0. The van der Waals surface area contributed by atoms with E-state index in [9.17, 15) is 0 Å². The largest absolute Gasteiger partial charge is 0.327 e. The van der Waals surface area contributed by atoms with Crippen molar-refractivity contribution < 1.29 is 0 Å². The van der Waals surface area contributed by atoms with E-state index in [0.717, 1.165) is 17.8 Å². The smallest absolute Gasteiger partial charge is 0.0127 e. The lowest BCUT2D eigenvalue weighted by molar-refractivity contribution is 0.0407. The Kier molecular flexibility index (Phi) is 2.99. The molecule has 0 aromatic heterocycles. The molecule has 3 fully saturated rings. The van der Waals surface area contributed by atoms with Crippen molar-refractivity contribution in [3.63, 3.8) is 0 Å². The van der Waals surface area contributed by atoms with E-state index in [1.165, 1.54) is 51.5 Å². The summed E-state index contributed by atoms with van der Waals surface area (Å²) in [5.41, 5.74) is 7.17. The summed E-state index contributed by atoms with van der Waals surface area (Å²) >= 11 is 0. The van der Waals surface area contributed by atoms with Crippen molar-refractivity contribution in [3.05, 3.63) is 0 Å². The zero-order valence-electron chi connectivity index (χ0n) is 11.5. The quantitative estimate of drug-likeness (QED) is 0.798. The Morgan fingerprint density at radius 3 is 2.71 bits per heavy atom. The molecule has 0 saturated heterocycles.